The van der Waals surface area contributed by atoms with Gasteiger partial charge in [-0.25, -0.2) is 0 Å². The molecule has 0 N–H and O–H groups in total. The van der Waals surface area contributed by atoms with Crippen molar-refractivity contribution in [3.05, 3.63) is 60.6 Å². The fourth-order valence-corrected chi connectivity index (χ4v) is 3.30. The van der Waals surface area contributed by atoms with E-state index in [4.69, 9.17) is 9.26 Å². The van der Waals surface area contributed by atoms with Crippen LogP contribution in [0.15, 0.2) is 57.8 Å². The molecule has 4 aromatic rings. The van der Waals surface area contributed by atoms with E-state index in [9.17, 15) is 18.0 Å². The highest BCUT2D eigenvalue weighted by atomic mass is 19.4. The molecule has 0 aliphatic carbocycles. The van der Waals surface area contributed by atoms with Gasteiger partial charge in [-0.2, -0.15) is 23.1 Å². The van der Waals surface area contributed by atoms with Gasteiger partial charge in [-0.05, 0) is 36.4 Å². The summed E-state index contributed by atoms with van der Waals surface area (Å²) in [6.07, 6.45) is -1.56. The smallest absolute Gasteiger partial charge is 0.369 e. The van der Waals surface area contributed by atoms with Crippen LogP contribution in [0.3, 0.4) is 0 Å². The van der Waals surface area contributed by atoms with Crippen LogP contribution in [-0.4, -0.2) is 44.4 Å². The highest BCUT2D eigenvalue weighted by Gasteiger charge is 2.39. The van der Waals surface area contributed by atoms with Crippen LogP contribution >= 0.6 is 0 Å². The zero-order valence-corrected chi connectivity index (χ0v) is 16.6. The number of anilines is 1. The van der Waals surface area contributed by atoms with Gasteiger partial charge >= 0.3 is 12.1 Å². The monoisotopic (exact) mass is 458 g/mol. The van der Waals surface area contributed by atoms with Crippen LogP contribution in [0.1, 0.15) is 17.8 Å². The normalized spacial score (nSPS) is 16.9. The first-order valence-corrected chi connectivity index (χ1v) is 9.55. The van der Waals surface area contributed by atoms with Crippen LogP contribution in [0, 0.1) is 0 Å². The number of halogens is 3. The SMILES string of the molecule is O=C1COC[C@@H](c2nc(-c3ccncc3)no2)N1c1ccc(-c2noc(C(F)(F)F)n2)cc1. The van der Waals surface area contributed by atoms with Gasteiger partial charge in [-0.15, -0.1) is 0 Å². The lowest BCUT2D eigenvalue weighted by Crippen LogP contribution is -2.44. The highest BCUT2D eigenvalue weighted by Crippen LogP contribution is 2.33. The topological polar surface area (TPSA) is 120 Å². The lowest BCUT2D eigenvalue weighted by atomic mass is 10.1. The Morgan fingerprint density at radius 2 is 1.58 bits per heavy atom. The summed E-state index contributed by atoms with van der Waals surface area (Å²) in [4.78, 5) is 25.8. The van der Waals surface area contributed by atoms with Gasteiger partial charge in [0, 0.05) is 29.2 Å². The van der Waals surface area contributed by atoms with Crippen LogP contribution in [0.4, 0.5) is 18.9 Å². The Labute approximate surface area is 183 Å². The maximum Gasteiger partial charge on any atom is 0.471 e. The zero-order chi connectivity index (χ0) is 23.0. The fraction of sp³-hybridized carbons (Fsp3) is 0.200. The maximum absolute atomic E-state index is 12.7. The molecule has 1 aliphatic heterocycles. The molecular formula is C20H13F3N6O4. The molecule has 4 heterocycles. The molecule has 1 aromatic carbocycles. The molecule has 1 amide bonds. The molecule has 0 bridgehead atoms. The fourth-order valence-electron chi connectivity index (χ4n) is 3.30. The van der Waals surface area contributed by atoms with E-state index in [1.807, 2.05) is 0 Å². The average Bonchev–Trinajstić information content (AvgIpc) is 3.50. The van der Waals surface area contributed by atoms with E-state index in [1.54, 1.807) is 36.7 Å². The number of morpholine rings is 1. The number of hydrogen-bond donors (Lipinski definition) is 0. The second-order valence-electron chi connectivity index (χ2n) is 6.95. The molecular weight excluding hydrogens is 445 g/mol. The van der Waals surface area contributed by atoms with Gasteiger partial charge in [-0.3, -0.25) is 14.7 Å². The van der Waals surface area contributed by atoms with Gasteiger partial charge in [-0.1, -0.05) is 10.3 Å². The molecule has 3 aromatic heterocycles. The highest BCUT2D eigenvalue weighted by molar-refractivity contribution is 5.95. The van der Waals surface area contributed by atoms with Gasteiger partial charge in [0.15, 0.2) is 0 Å². The molecule has 33 heavy (non-hydrogen) atoms. The van der Waals surface area contributed by atoms with Crippen molar-refractivity contribution in [2.45, 2.75) is 12.2 Å². The number of hydrogen-bond acceptors (Lipinski definition) is 9. The molecule has 0 radical (unpaired) electrons. The van der Waals surface area contributed by atoms with Crippen LogP contribution < -0.4 is 4.90 Å². The number of ether oxygens (including phenoxy) is 1. The van der Waals surface area contributed by atoms with Crippen molar-refractivity contribution in [2.75, 3.05) is 18.1 Å². The molecule has 1 fully saturated rings. The van der Waals surface area contributed by atoms with E-state index in [2.05, 4.69) is 29.8 Å². The first kappa shape index (κ1) is 20.8. The summed E-state index contributed by atoms with van der Waals surface area (Å²) in [5.41, 5.74) is 1.44. The maximum atomic E-state index is 12.7. The molecule has 168 valence electrons. The van der Waals surface area contributed by atoms with Gasteiger partial charge in [0.25, 0.3) is 11.8 Å². The predicted molar refractivity (Wildman–Crippen MR) is 103 cm³/mol. The number of alkyl halides is 3. The van der Waals surface area contributed by atoms with E-state index >= 15 is 0 Å². The molecule has 0 saturated carbocycles. The molecule has 13 heteroatoms. The van der Waals surface area contributed by atoms with Crippen molar-refractivity contribution in [1.82, 2.24) is 25.3 Å². The lowest BCUT2D eigenvalue weighted by Gasteiger charge is -2.33. The Hall–Kier alpha value is -4.13. The number of aromatic nitrogens is 5. The summed E-state index contributed by atoms with van der Waals surface area (Å²) in [6, 6.07) is 8.81. The molecule has 10 nitrogen and oxygen atoms in total. The summed E-state index contributed by atoms with van der Waals surface area (Å²) < 4.78 is 53.1. The summed E-state index contributed by atoms with van der Waals surface area (Å²) in [5.74, 6) is -1.50. The minimum absolute atomic E-state index is 0.116. The van der Waals surface area contributed by atoms with Gasteiger partial charge in [0.2, 0.25) is 11.6 Å². The predicted octanol–water partition coefficient (Wildman–Crippen LogP) is 3.30. The number of nitrogens with zero attached hydrogens (tertiary/aromatic N) is 6. The van der Waals surface area contributed by atoms with Gasteiger partial charge in [0.1, 0.15) is 12.6 Å². The first-order valence-electron chi connectivity index (χ1n) is 9.55. The second kappa shape index (κ2) is 8.09. The van der Waals surface area contributed by atoms with Crippen molar-refractivity contribution in [3.63, 3.8) is 0 Å². The molecule has 0 spiro atoms. The number of carbonyl (C=O) groups is 1. The number of pyridine rings is 1. The molecule has 1 saturated heterocycles. The summed E-state index contributed by atoms with van der Waals surface area (Å²) in [7, 11) is 0. The lowest BCUT2D eigenvalue weighted by molar-refractivity contribution is -0.159. The van der Waals surface area contributed by atoms with Crippen molar-refractivity contribution in [2.24, 2.45) is 0 Å². The second-order valence-corrected chi connectivity index (χ2v) is 6.95. The van der Waals surface area contributed by atoms with Crippen LogP contribution in [0.2, 0.25) is 0 Å². The van der Waals surface area contributed by atoms with E-state index in [1.165, 1.54) is 17.0 Å². The van der Waals surface area contributed by atoms with E-state index in [0.717, 1.165) is 0 Å². The van der Waals surface area contributed by atoms with Crippen LogP contribution in [0.5, 0.6) is 0 Å². The minimum Gasteiger partial charge on any atom is -0.369 e. The van der Waals surface area contributed by atoms with Crippen LogP contribution in [-0.2, 0) is 15.7 Å². The number of amides is 1. The Morgan fingerprint density at radius 1 is 0.909 bits per heavy atom. The van der Waals surface area contributed by atoms with E-state index in [-0.39, 0.29) is 36.4 Å². The zero-order valence-electron chi connectivity index (χ0n) is 16.6. The minimum atomic E-state index is -4.74. The summed E-state index contributed by atoms with van der Waals surface area (Å²) in [6.45, 7) is -0.0331. The number of benzene rings is 1. The molecule has 5 rings (SSSR count). The third-order valence-corrected chi connectivity index (χ3v) is 4.82. The average molecular weight is 458 g/mol. The summed E-state index contributed by atoms with van der Waals surface area (Å²) >= 11 is 0. The molecule has 0 unspecified atom stereocenters. The largest absolute Gasteiger partial charge is 0.471 e. The number of carbonyl (C=O) groups excluding carboxylic acids is 1. The van der Waals surface area contributed by atoms with E-state index < -0.39 is 18.1 Å². The Bertz CT molecular complexity index is 1270. The van der Waals surface area contributed by atoms with Crippen LogP contribution in [0.25, 0.3) is 22.8 Å². The Kier molecular flexibility index (Phi) is 5.09. The quantitative estimate of drug-likeness (QED) is 0.453. The standard InChI is InChI=1S/C20H13F3N6O4/c21-20(22,23)19-26-17(28-33-19)11-1-3-13(4-2-11)29-14(9-31-10-15(29)30)18-25-16(27-32-18)12-5-7-24-8-6-12/h1-8,14H,9-10H2/t14-/m0/s1. The van der Waals surface area contributed by atoms with Crippen molar-refractivity contribution in [1.29, 1.82) is 0 Å². The Morgan fingerprint density at radius 3 is 2.27 bits per heavy atom. The van der Waals surface area contributed by atoms with Crippen molar-refractivity contribution >= 4 is 11.6 Å². The van der Waals surface area contributed by atoms with Crippen molar-refractivity contribution < 1.29 is 31.7 Å². The third-order valence-electron chi connectivity index (χ3n) is 4.82. The number of rotatable bonds is 4. The molecule has 1 atom stereocenters. The molecule has 1 aliphatic rings. The van der Waals surface area contributed by atoms with Crippen molar-refractivity contribution in [3.8, 4) is 22.8 Å². The summed E-state index contributed by atoms with van der Waals surface area (Å²) in [5, 5.41) is 7.32. The van der Waals surface area contributed by atoms with Gasteiger partial charge in [0.05, 0.1) is 6.61 Å². The first-order chi connectivity index (χ1) is 15.9. The van der Waals surface area contributed by atoms with Gasteiger partial charge < -0.3 is 13.8 Å². The van der Waals surface area contributed by atoms with E-state index in [0.29, 0.717) is 17.1 Å². The third kappa shape index (κ3) is 4.05. The Balaban J connectivity index is 1.42.